The molecule has 2 aromatic rings. The van der Waals surface area contributed by atoms with Crippen molar-refractivity contribution >= 4 is 22.8 Å². The Kier molecular flexibility index (Phi) is 6.69. The molecule has 10 atom stereocenters. The van der Waals surface area contributed by atoms with Crippen LogP contribution in [-0.2, 0) is 9.53 Å². The number of aromatic nitrogens is 2. The third-order valence-electron chi connectivity index (χ3n) is 11.2. The van der Waals surface area contributed by atoms with E-state index in [2.05, 4.69) is 25.7 Å². The molecule has 2 saturated carbocycles. The van der Waals surface area contributed by atoms with E-state index >= 15 is 0 Å². The van der Waals surface area contributed by atoms with Gasteiger partial charge < -0.3 is 19.3 Å². The largest absolute Gasteiger partial charge is 0.480 e. The van der Waals surface area contributed by atoms with Gasteiger partial charge in [-0.1, -0.05) is 26.0 Å². The van der Waals surface area contributed by atoms with E-state index in [1.54, 1.807) is 4.90 Å². The molecule has 3 saturated heterocycles. The fourth-order valence-electron chi connectivity index (χ4n) is 9.36. The van der Waals surface area contributed by atoms with Crippen LogP contribution in [0.25, 0.3) is 11.0 Å². The summed E-state index contributed by atoms with van der Waals surface area (Å²) in [5.74, 6) is 2.65. The SMILES string of the molecule is CC1CC2CC(C)C(C1)CC(N1C3COC(C)C1CC(n1c(=O)c(N4CCC4C(=O)O)nc4ccccc41)C3)C2. The minimum absolute atomic E-state index is 0.0329. The van der Waals surface area contributed by atoms with Crippen LogP contribution in [-0.4, -0.2) is 68.9 Å². The van der Waals surface area contributed by atoms with Crippen LogP contribution < -0.4 is 10.5 Å². The van der Waals surface area contributed by atoms with Gasteiger partial charge in [0, 0.05) is 30.7 Å². The Labute approximate surface area is 236 Å². The first-order chi connectivity index (χ1) is 19.3. The number of anilines is 1. The number of aliphatic carboxylic acids is 1. The summed E-state index contributed by atoms with van der Waals surface area (Å²) < 4.78 is 8.31. The molecule has 216 valence electrons. The van der Waals surface area contributed by atoms with Crippen molar-refractivity contribution in [2.75, 3.05) is 18.1 Å². The summed E-state index contributed by atoms with van der Waals surface area (Å²) in [6.45, 7) is 8.42. The lowest BCUT2D eigenvalue weighted by molar-refractivity contribution is -0.147. The molecule has 10 unspecified atom stereocenters. The van der Waals surface area contributed by atoms with Crippen LogP contribution in [0.15, 0.2) is 29.1 Å². The second kappa shape index (κ2) is 10.1. The molecule has 5 aliphatic rings. The molecule has 4 heterocycles. The van der Waals surface area contributed by atoms with Crippen molar-refractivity contribution in [2.24, 2.45) is 23.7 Å². The third-order valence-corrected chi connectivity index (χ3v) is 11.2. The second-order valence-corrected chi connectivity index (χ2v) is 13.8. The lowest BCUT2D eigenvalue weighted by atomic mass is 9.78. The highest BCUT2D eigenvalue weighted by atomic mass is 16.5. The molecule has 8 nitrogen and oxygen atoms in total. The molecule has 8 heteroatoms. The number of hydrogen-bond acceptors (Lipinski definition) is 6. The van der Waals surface area contributed by atoms with E-state index in [0.717, 1.165) is 47.5 Å². The lowest BCUT2D eigenvalue weighted by Crippen LogP contribution is -2.64. The number of carboxylic acid groups (broad SMARTS) is 1. The Bertz CT molecular complexity index is 1340. The van der Waals surface area contributed by atoms with E-state index in [1.807, 2.05) is 28.8 Å². The number of fused-ring (bicyclic) bond motifs is 6. The van der Waals surface area contributed by atoms with E-state index in [4.69, 9.17) is 9.72 Å². The minimum Gasteiger partial charge on any atom is -0.480 e. The molecule has 5 fully saturated rings. The van der Waals surface area contributed by atoms with E-state index in [-0.39, 0.29) is 35.6 Å². The molecule has 1 aromatic carbocycles. The van der Waals surface area contributed by atoms with Crippen molar-refractivity contribution < 1.29 is 14.6 Å². The summed E-state index contributed by atoms with van der Waals surface area (Å²) in [6.07, 6.45) is 9.09. The van der Waals surface area contributed by atoms with Gasteiger partial charge in [-0.15, -0.1) is 0 Å². The summed E-state index contributed by atoms with van der Waals surface area (Å²) in [6, 6.07) is 8.35. The number of nitrogens with zero attached hydrogens (tertiary/aromatic N) is 4. The molecular weight excluding hydrogens is 504 g/mol. The van der Waals surface area contributed by atoms with Gasteiger partial charge in [-0.25, -0.2) is 9.78 Å². The average Bonchev–Trinajstić information content (AvgIpc) is 3.11. The maximum atomic E-state index is 14.1. The van der Waals surface area contributed by atoms with Crippen molar-refractivity contribution in [3.8, 4) is 0 Å². The summed E-state index contributed by atoms with van der Waals surface area (Å²) in [7, 11) is 0. The van der Waals surface area contributed by atoms with Gasteiger partial charge in [0.05, 0.1) is 23.7 Å². The normalized spacial score (nSPS) is 39.9. The van der Waals surface area contributed by atoms with Crippen molar-refractivity contribution in [1.82, 2.24) is 14.5 Å². The van der Waals surface area contributed by atoms with Crippen molar-refractivity contribution in [3.63, 3.8) is 0 Å². The fourth-order valence-corrected chi connectivity index (χ4v) is 9.36. The summed E-state index contributed by atoms with van der Waals surface area (Å²) >= 11 is 0. The van der Waals surface area contributed by atoms with Gasteiger partial charge in [0.15, 0.2) is 5.82 Å². The van der Waals surface area contributed by atoms with Crippen LogP contribution in [0.1, 0.15) is 78.2 Å². The lowest BCUT2D eigenvalue weighted by Gasteiger charge is -2.55. The molecule has 4 bridgehead atoms. The zero-order chi connectivity index (χ0) is 27.7. The molecule has 0 spiro atoms. The predicted octanol–water partition coefficient (Wildman–Crippen LogP) is 4.70. The van der Waals surface area contributed by atoms with Crippen LogP contribution in [0.4, 0.5) is 5.82 Å². The number of carbonyl (C=O) groups is 1. The number of hydrogen-bond donors (Lipinski definition) is 1. The third kappa shape index (κ3) is 4.37. The first kappa shape index (κ1) is 26.4. The van der Waals surface area contributed by atoms with Gasteiger partial charge in [-0.2, -0.15) is 0 Å². The molecule has 1 N–H and O–H groups in total. The molecule has 2 aliphatic carbocycles. The number of benzene rings is 1. The van der Waals surface area contributed by atoms with Crippen LogP contribution in [0.5, 0.6) is 0 Å². The predicted molar refractivity (Wildman–Crippen MR) is 155 cm³/mol. The van der Waals surface area contributed by atoms with Gasteiger partial charge in [0.25, 0.3) is 5.56 Å². The minimum atomic E-state index is -0.891. The van der Waals surface area contributed by atoms with Gasteiger partial charge in [0.1, 0.15) is 6.04 Å². The van der Waals surface area contributed by atoms with Crippen LogP contribution in [0.3, 0.4) is 0 Å². The van der Waals surface area contributed by atoms with E-state index in [9.17, 15) is 14.7 Å². The smallest absolute Gasteiger partial charge is 0.326 e. The van der Waals surface area contributed by atoms with Crippen LogP contribution >= 0.6 is 0 Å². The topological polar surface area (TPSA) is 87.9 Å². The van der Waals surface area contributed by atoms with Gasteiger partial charge in [-0.3, -0.25) is 9.69 Å². The summed E-state index contributed by atoms with van der Waals surface area (Å²) in [5, 5.41) is 9.69. The Morgan fingerprint density at radius 2 is 1.80 bits per heavy atom. The highest BCUT2D eigenvalue weighted by Gasteiger charge is 2.49. The first-order valence-corrected chi connectivity index (χ1v) is 15.7. The van der Waals surface area contributed by atoms with Crippen LogP contribution in [0.2, 0.25) is 0 Å². The molecule has 0 amide bonds. The maximum absolute atomic E-state index is 14.1. The summed E-state index contributed by atoms with van der Waals surface area (Å²) in [4.78, 5) is 35.2. The molecular formula is C32H44N4O4. The Morgan fingerprint density at radius 3 is 2.58 bits per heavy atom. The van der Waals surface area contributed by atoms with E-state index < -0.39 is 12.0 Å². The summed E-state index contributed by atoms with van der Waals surface area (Å²) in [5.41, 5.74) is 1.45. The highest BCUT2D eigenvalue weighted by Crippen LogP contribution is 2.48. The maximum Gasteiger partial charge on any atom is 0.326 e. The van der Waals surface area contributed by atoms with E-state index in [0.29, 0.717) is 25.6 Å². The quantitative estimate of drug-likeness (QED) is 0.592. The van der Waals surface area contributed by atoms with Crippen LogP contribution in [0, 0.1) is 23.7 Å². The molecule has 3 aliphatic heterocycles. The molecule has 40 heavy (non-hydrogen) atoms. The Balaban J connectivity index is 1.24. The molecule has 0 radical (unpaired) electrons. The number of carboxylic acids is 1. The standard InChI is InChI=1S/C32H44N4O4/c1-18-10-21-12-19(2)22(11-18)14-23(13-21)35-25-15-24(16-29(35)20(3)40-17-25)36-27-7-5-4-6-26(27)33-30(31(36)37)34-9-8-28(34)32(38)39/h4-7,18-25,28-29H,8-17H2,1-3H3,(H,38,39). The van der Waals surface area contributed by atoms with Crippen molar-refractivity contribution in [1.29, 1.82) is 0 Å². The number of ether oxygens (including phenoxy) is 1. The molecule has 7 rings (SSSR count). The van der Waals surface area contributed by atoms with Gasteiger partial charge in [0.2, 0.25) is 0 Å². The zero-order valence-corrected chi connectivity index (χ0v) is 24.1. The van der Waals surface area contributed by atoms with Gasteiger partial charge >= 0.3 is 5.97 Å². The number of rotatable bonds is 4. The monoisotopic (exact) mass is 548 g/mol. The van der Waals surface area contributed by atoms with Crippen molar-refractivity contribution in [3.05, 3.63) is 34.6 Å². The second-order valence-electron chi connectivity index (χ2n) is 13.8. The fraction of sp³-hybridized carbons (Fsp3) is 0.719. The highest BCUT2D eigenvalue weighted by molar-refractivity contribution is 5.81. The van der Waals surface area contributed by atoms with Gasteiger partial charge in [-0.05, 0) is 94.1 Å². The first-order valence-electron chi connectivity index (χ1n) is 15.7. The van der Waals surface area contributed by atoms with E-state index in [1.165, 1.54) is 32.1 Å². The zero-order valence-electron chi connectivity index (χ0n) is 24.1. The Hall–Kier alpha value is -2.45. The Morgan fingerprint density at radius 1 is 0.975 bits per heavy atom. The number of morpholine rings is 1. The number of piperidine rings is 1. The number of para-hydroxylation sites is 2. The van der Waals surface area contributed by atoms with Crippen molar-refractivity contribution in [2.45, 2.75) is 108 Å². The molecule has 1 aromatic heterocycles. The average molecular weight is 549 g/mol.